The molecule has 0 bridgehead atoms. The summed E-state index contributed by atoms with van der Waals surface area (Å²) in [5, 5.41) is 0. The molecule has 1 heterocycles. The molecule has 2 N–H and O–H groups in total. The predicted molar refractivity (Wildman–Crippen MR) is 76.3 cm³/mol. The highest BCUT2D eigenvalue weighted by atomic mass is 127. The van der Waals surface area contributed by atoms with Crippen LogP contribution in [0.1, 0.15) is 24.9 Å². The summed E-state index contributed by atoms with van der Waals surface area (Å²) < 4.78 is 5.98. The minimum atomic E-state index is 0.483. The zero-order valence-electron chi connectivity index (χ0n) is 9.49. The van der Waals surface area contributed by atoms with E-state index in [0.717, 1.165) is 33.0 Å². The highest BCUT2D eigenvalue weighted by Crippen LogP contribution is 2.19. The van der Waals surface area contributed by atoms with E-state index >= 15 is 0 Å². The molecule has 0 aliphatic carbocycles. The average Bonchev–Trinajstić information content (AvgIpc) is 2.26. The average molecular weight is 353 g/mol. The van der Waals surface area contributed by atoms with Crippen LogP contribution in [0.5, 0.6) is 0 Å². The van der Waals surface area contributed by atoms with Crippen molar-refractivity contribution in [3.05, 3.63) is 15.1 Å². The van der Waals surface area contributed by atoms with Crippen molar-refractivity contribution < 1.29 is 4.74 Å². The van der Waals surface area contributed by atoms with Crippen LogP contribution in [0.25, 0.3) is 0 Å². The molecular formula is C10H16IN3OS. The Morgan fingerprint density at radius 3 is 2.81 bits per heavy atom. The number of halogens is 1. The smallest absolute Gasteiger partial charge is 0.141 e. The summed E-state index contributed by atoms with van der Waals surface area (Å²) in [7, 11) is 1.65. The lowest BCUT2D eigenvalue weighted by Crippen LogP contribution is -2.07. The summed E-state index contributed by atoms with van der Waals surface area (Å²) >= 11 is 3.98. The first-order valence-corrected chi connectivity index (χ1v) is 7.29. The van der Waals surface area contributed by atoms with Gasteiger partial charge in [0.1, 0.15) is 11.6 Å². The van der Waals surface area contributed by atoms with Gasteiger partial charge in [-0.3, -0.25) is 0 Å². The molecule has 0 radical (unpaired) electrons. The number of anilines is 1. The first-order chi connectivity index (χ1) is 7.69. The van der Waals surface area contributed by atoms with Gasteiger partial charge in [-0.15, -0.1) is 0 Å². The lowest BCUT2D eigenvalue weighted by atomic mass is 10.4. The van der Waals surface area contributed by atoms with Crippen molar-refractivity contribution in [2.75, 3.05) is 18.6 Å². The summed E-state index contributed by atoms with van der Waals surface area (Å²) in [6.07, 6.45) is 1.16. The van der Waals surface area contributed by atoms with Crippen molar-refractivity contribution in [1.29, 1.82) is 0 Å². The van der Waals surface area contributed by atoms with Crippen molar-refractivity contribution in [1.82, 2.24) is 9.97 Å². The molecule has 6 heteroatoms. The molecule has 0 aromatic carbocycles. The topological polar surface area (TPSA) is 61.0 Å². The molecule has 1 rings (SSSR count). The monoisotopic (exact) mass is 353 g/mol. The van der Waals surface area contributed by atoms with E-state index in [1.165, 1.54) is 0 Å². The molecule has 0 saturated heterocycles. The maximum Gasteiger partial charge on any atom is 0.141 e. The van der Waals surface area contributed by atoms with Gasteiger partial charge < -0.3 is 10.5 Å². The van der Waals surface area contributed by atoms with E-state index in [0.29, 0.717) is 12.4 Å². The largest absolute Gasteiger partial charge is 0.383 e. The van der Waals surface area contributed by atoms with Crippen molar-refractivity contribution in [3.63, 3.8) is 0 Å². The maximum atomic E-state index is 5.83. The van der Waals surface area contributed by atoms with Crippen LogP contribution in [-0.2, 0) is 17.1 Å². The summed E-state index contributed by atoms with van der Waals surface area (Å²) in [4.78, 5) is 8.72. The number of aromatic nitrogens is 2. The number of rotatable bonds is 6. The Kier molecular flexibility index (Phi) is 6.37. The highest BCUT2D eigenvalue weighted by Gasteiger charge is 2.09. The summed E-state index contributed by atoms with van der Waals surface area (Å²) in [6, 6.07) is 0. The minimum absolute atomic E-state index is 0.483. The molecular weight excluding hydrogens is 337 g/mol. The van der Waals surface area contributed by atoms with Gasteiger partial charge in [0, 0.05) is 7.11 Å². The quantitative estimate of drug-likeness (QED) is 0.629. The summed E-state index contributed by atoms with van der Waals surface area (Å²) in [6.45, 7) is 2.64. The molecule has 0 atom stereocenters. The third-order valence-corrected chi connectivity index (χ3v) is 4.19. The van der Waals surface area contributed by atoms with E-state index in [9.17, 15) is 0 Å². The summed E-state index contributed by atoms with van der Waals surface area (Å²) in [5.41, 5.74) is 6.71. The molecule has 0 saturated carbocycles. The molecule has 1 aromatic rings. The van der Waals surface area contributed by atoms with Gasteiger partial charge in [0.05, 0.1) is 21.6 Å². The Morgan fingerprint density at radius 1 is 1.44 bits per heavy atom. The molecule has 1 aromatic heterocycles. The molecule has 0 unspecified atom stereocenters. The normalized spacial score (nSPS) is 10.7. The van der Waals surface area contributed by atoms with E-state index < -0.39 is 0 Å². The van der Waals surface area contributed by atoms with Gasteiger partial charge in [-0.05, 0) is 34.8 Å². The highest BCUT2D eigenvalue weighted by molar-refractivity contribution is 14.1. The number of methoxy groups -OCH3 is 1. The van der Waals surface area contributed by atoms with Crippen LogP contribution in [0.4, 0.5) is 5.82 Å². The second kappa shape index (κ2) is 7.29. The Bertz CT molecular complexity index is 349. The molecule has 16 heavy (non-hydrogen) atoms. The van der Waals surface area contributed by atoms with Gasteiger partial charge in [0.2, 0.25) is 0 Å². The van der Waals surface area contributed by atoms with Crippen LogP contribution in [0.15, 0.2) is 0 Å². The van der Waals surface area contributed by atoms with Crippen molar-refractivity contribution in [2.45, 2.75) is 25.7 Å². The number of nitrogens with two attached hydrogens (primary N) is 1. The second-order valence-electron chi connectivity index (χ2n) is 3.27. The van der Waals surface area contributed by atoms with Gasteiger partial charge in [-0.2, -0.15) is 11.8 Å². The fraction of sp³-hybridized carbons (Fsp3) is 0.600. The second-order valence-corrected chi connectivity index (χ2v) is 5.46. The Balaban J connectivity index is 2.77. The Labute approximate surface area is 114 Å². The zero-order valence-corrected chi connectivity index (χ0v) is 12.5. The van der Waals surface area contributed by atoms with Gasteiger partial charge >= 0.3 is 0 Å². The minimum Gasteiger partial charge on any atom is -0.383 e. The molecule has 90 valence electrons. The molecule has 4 nitrogen and oxygen atoms in total. The number of nitrogen functional groups attached to an aromatic ring is 1. The van der Waals surface area contributed by atoms with Crippen LogP contribution in [0, 0.1) is 3.57 Å². The zero-order chi connectivity index (χ0) is 12.0. The third-order valence-electron chi connectivity index (χ3n) is 1.85. The number of hydrogen-bond donors (Lipinski definition) is 1. The van der Waals surface area contributed by atoms with Gasteiger partial charge in [0.25, 0.3) is 0 Å². The lowest BCUT2D eigenvalue weighted by Gasteiger charge is -2.08. The van der Waals surface area contributed by atoms with E-state index in [2.05, 4.69) is 39.5 Å². The van der Waals surface area contributed by atoms with E-state index in [4.69, 9.17) is 10.5 Å². The SMILES string of the molecule is CCCSCc1nc(N)c(I)c(COC)n1. The molecule has 0 fully saturated rings. The summed E-state index contributed by atoms with van der Waals surface area (Å²) in [5.74, 6) is 3.28. The van der Waals surface area contributed by atoms with Gasteiger partial charge in [-0.25, -0.2) is 9.97 Å². The number of thioether (sulfide) groups is 1. The first-order valence-electron chi connectivity index (χ1n) is 5.06. The number of nitrogens with zero attached hydrogens (tertiary/aromatic N) is 2. The van der Waals surface area contributed by atoms with E-state index in [1.54, 1.807) is 7.11 Å². The molecule has 0 amide bonds. The van der Waals surface area contributed by atoms with Crippen LogP contribution >= 0.6 is 34.4 Å². The van der Waals surface area contributed by atoms with Crippen molar-refractivity contribution in [3.8, 4) is 0 Å². The fourth-order valence-corrected chi connectivity index (χ4v) is 2.31. The van der Waals surface area contributed by atoms with Gasteiger partial charge in [-0.1, -0.05) is 6.92 Å². The van der Waals surface area contributed by atoms with Crippen LogP contribution in [0.2, 0.25) is 0 Å². The third kappa shape index (κ3) is 4.06. The van der Waals surface area contributed by atoms with Crippen molar-refractivity contribution in [2.24, 2.45) is 0 Å². The van der Waals surface area contributed by atoms with Crippen LogP contribution in [0.3, 0.4) is 0 Å². The predicted octanol–water partition coefficient (Wildman–Crippen LogP) is 2.45. The first kappa shape index (κ1) is 14.0. The molecule has 0 spiro atoms. The van der Waals surface area contributed by atoms with E-state index in [1.807, 2.05) is 11.8 Å². The standard InChI is InChI=1S/C10H16IN3OS/c1-3-4-16-6-8-13-7(5-15-2)9(11)10(12)14-8/h3-6H2,1-2H3,(H2,12,13,14). The van der Waals surface area contributed by atoms with Crippen molar-refractivity contribution >= 4 is 40.2 Å². The fourth-order valence-electron chi connectivity index (χ4n) is 1.17. The molecule has 0 aliphatic rings. The Morgan fingerprint density at radius 2 is 2.19 bits per heavy atom. The maximum absolute atomic E-state index is 5.83. The van der Waals surface area contributed by atoms with E-state index in [-0.39, 0.29) is 0 Å². The number of ether oxygens (including phenoxy) is 1. The van der Waals surface area contributed by atoms with Crippen LogP contribution < -0.4 is 5.73 Å². The van der Waals surface area contributed by atoms with Gasteiger partial charge in [0.15, 0.2) is 0 Å². The Hall–Kier alpha value is -0.0800. The lowest BCUT2D eigenvalue weighted by molar-refractivity contribution is 0.180. The van der Waals surface area contributed by atoms with Crippen LogP contribution in [-0.4, -0.2) is 22.8 Å². The number of hydrogen-bond acceptors (Lipinski definition) is 5. The molecule has 0 aliphatic heterocycles.